The Morgan fingerprint density at radius 2 is 1.95 bits per heavy atom. The zero-order valence-corrected chi connectivity index (χ0v) is 11.0. The van der Waals surface area contributed by atoms with E-state index >= 15 is 0 Å². The molecule has 0 saturated heterocycles. The van der Waals surface area contributed by atoms with Gasteiger partial charge in [-0.25, -0.2) is 4.79 Å². The topological polar surface area (TPSA) is 105 Å². The molecular weight excluding hydrogens is 252 g/mol. The first-order valence-electron chi connectivity index (χ1n) is 6.38. The zero-order valence-electron chi connectivity index (χ0n) is 11.0. The van der Waals surface area contributed by atoms with E-state index in [1.165, 1.54) is 7.11 Å². The predicted molar refractivity (Wildman–Crippen MR) is 66.5 cm³/mol. The highest BCUT2D eigenvalue weighted by Gasteiger charge is 2.31. The lowest BCUT2D eigenvalue weighted by molar-refractivity contribution is -0.143. The number of hydrogen-bond acceptors (Lipinski definition) is 4. The van der Waals surface area contributed by atoms with E-state index in [-0.39, 0.29) is 19.0 Å². The van der Waals surface area contributed by atoms with Crippen LogP contribution >= 0.6 is 0 Å². The Kier molecular flexibility index (Phi) is 6.11. The van der Waals surface area contributed by atoms with Crippen molar-refractivity contribution in [1.82, 2.24) is 10.6 Å². The van der Waals surface area contributed by atoms with Gasteiger partial charge in [0.1, 0.15) is 0 Å². The van der Waals surface area contributed by atoms with Crippen LogP contribution in [-0.2, 0) is 14.3 Å². The number of rotatable bonds is 5. The van der Waals surface area contributed by atoms with Gasteiger partial charge in [0.15, 0.2) is 0 Å². The fraction of sp³-hybridized carbons (Fsp3) is 0.750. The Balaban J connectivity index is 2.33. The van der Waals surface area contributed by atoms with Crippen LogP contribution in [0.2, 0.25) is 0 Å². The number of carbonyl (C=O) groups is 3. The maximum absolute atomic E-state index is 11.6. The molecule has 19 heavy (non-hydrogen) atoms. The van der Waals surface area contributed by atoms with Crippen LogP contribution in [0.3, 0.4) is 0 Å². The summed E-state index contributed by atoms with van der Waals surface area (Å²) in [6.07, 6.45) is 3.14. The number of esters is 1. The summed E-state index contributed by atoms with van der Waals surface area (Å²) in [6.45, 7) is 0.170. The van der Waals surface area contributed by atoms with Gasteiger partial charge in [-0.1, -0.05) is 12.8 Å². The number of carbonyl (C=O) groups excluding carboxylic acids is 2. The van der Waals surface area contributed by atoms with Crippen LogP contribution in [0.25, 0.3) is 0 Å². The fourth-order valence-electron chi connectivity index (χ4n) is 2.20. The molecule has 1 aliphatic rings. The number of carboxylic acid groups (broad SMARTS) is 1. The molecule has 2 unspecified atom stereocenters. The van der Waals surface area contributed by atoms with Gasteiger partial charge in [0, 0.05) is 12.6 Å². The molecule has 108 valence electrons. The number of ether oxygens (including phenoxy) is 1. The predicted octanol–water partition coefficient (Wildman–Crippen LogP) is 0.492. The van der Waals surface area contributed by atoms with E-state index in [9.17, 15) is 14.4 Å². The number of nitrogens with one attached hydrogen (secondary N) is 2. The molecule has 1 fully saturated rings. The highest BCUT2D eigenvalue weighted by atomic mass is 16.5. The molecule has 0 aromatic heterocycles. The van der Waals surface area contributed by atoms with Crippen LogP contribution in [0.4, 0.5) is 4.79 Å². The number of hydrogen-bond donors (Lipinski definition) is 3. The molecular formula is C12H20N2O5. The van der Waals surface area contributed by atoms with E-state index in [4.69, 9.17) is 5.11 Å². The van der Waals surface area contributed by atoms with E-state index < -0.39 is 23.9 Å². The molecule has 0 spiro atoms. The number of carboxylic acids is 1. The highest BCUT2D eigenvalue weighted by Crippen LogP contribution is 2.24. The quantitative estimate of drug-likeness (QED) is 0.632. The summed E-state index contributed by atoms with van der Waals surface area (Å²) >= 11 is 0. The Labute approximate surface area is 111 Å². The Bertz CT molecular complexity index is 345. The van der Waals surface area contributed by atoms with Crippen molar-refractivity contribution in [2.45, 2.75) is 38.1 Å². The van der Waals surface area contributed by atoms with Gasteiger partial charge in [-0.2, -0.15) is 0 Å². The average Bonchev–Trinajstić information content (AvgIpc) is 2.38. The van der Waals surface area contributed by atoms with Gasteiger partial charge in [-0.3, -0.25) is 9.59 Å². The van der Waals surface area contributed by atoms with Crippen molar-refractivity contribution in [3.8, 4) is 0 Å². The SMILES string of the molecule is COC(=O)CCNC(=O)NC1CCCCC1C(=O)O. The molecule has 0 aromatic rings. The molecule has 3 N–H and O–H groups in total. The third kappa shape index (κ3) is 5.15. The summed E-state index contributed by atoms with van der Waals surface area (Å²) in [5.41, 5.74) is 0. The average molecular weight is 272 g/mol. The minimum absolute atomic E-state index is 0.0942. The highest BCUT2D eigenvalue weighted by molar-refractivity contribution is 5.77. The lowest BCUT2D eigenvalue weighted by atomic mass is 9.84. The molecule has 1 aliphatic carbocycles. The molecule has 7 nitrogen and oxygen atoms in total. The maximum Gasteiger partial charge on any atom is 0.315 e. The van der Waals surface area contributed by atoms with E-state index in [2.05, 4.69) is 15.4 Å². The van der Waals surface area contributed by atoms with Crippen LogP contribution in [0.15, 0.2) is 0 Å². The van der Waals surface area contributed by atoms with E-state index in [0.717, 1.165) is 12.8 Å². The molecule has 0 heterocycles. The number of methoxy groups -OCH3 is 1. The second-order valence-electron chi connectivity index (χ2n) is 4.56. The first kappa shape index (κ1) is 15.3. The van der Waals surface area contributed by atoms with Gasteiger partial charge < -0.3 is 20.5 Å². The summed E-state index contributed by atoms with van der Waals surface area (Å²) < 4.78 is 4.44. The summed E-state index contributed by atoms with van der Waals surface area (Å²) in [6, 6.07) is -0.786. The van der Waals surface area contributed by atoms with Crippen LogP contribution in [-0.4, -0.2) is 42.8 Å². The largest absolute Gasteiger partial charge is 0.481 e. The smallest absolute Gasteiger partial charge is 0.315 e. The molecule has 2 atom stereocenters. The second kappa shape index (κ2) is 7.60. The van der Waals surface area contributed by atoms with Gasteiger partial charge in [0.25, 0.3) is 0 Å². The zero-order chi connectivity index (χ0) is 14.3. The Hall–Kier alpha value is -1.79. The van der Waals surface area contributed by atoms with Crippen LogP contribution in [0, 0.1) is 5.92 Å². The van der Waals surface area contributed by atoms with Crippen LogP contribution in [0.1, 0.15) is 32.1 Å². The van der Waals surface area contributed by atoms with Crippen molar-refractivity contribution in [3.05, 3.63) is 0 Å². The third-order valence-corrected chi connectivity index (χ3v) is 3.24. The minimum Gasteiger partial charge on any atom is -0.481 e. The normalized spacial score (nSPS) is 22.4. The number of aliphatic carboxylic acids is 1. The van der Waals surface area contributed by atoms with Crippen LogP contribution in [0.5, 0.6) is 0 Å². The van der Waals surface area contributed by atoms with Crippen molar-refractivity contribution < 1.29 is 24.2 Å². The van der Waals surface area contributed by atoms with Crippen molar-refractivity contribution >= 4 is 18.0 Å². The first-order valence-corrected chi connectivity index (χ1v) is 6.38. The fourth-order valence-corrected chi connectivity index (χ4v) is 2.20. The molecule has 0 aromatic carbocycles. The third-order valence-electron chi connectivity index (χ3n) is 3.24. The Morgan fingerprint density at radius 3 is 2.58 bits per heavy atom. The summed E-state index contributed by atoms with van der Waals surface area (Å²) in [7, 11) is 1.28. The molecule has 2 amide bonds. The van der Waals surface area contributed by atoms with Gasteiger partial charge in [0.2, 0.25) is 0 Å². The van der Waals surface area contributed by atoms with E-state index in [1.807, 2.05) is 0 Å². The second-order valence-corrected chi connectivity index (χ2v) is 4.56. The van der Waals surface area contributed by atoms with Crippen molar-refractivity contribution in [2.24, 2.45) is 5.92 Å². The molecule has 0 bridgehead atoms. The monoisotopic (exact) mass is 272 g/mol. The lowest BCUT2D eigenvalue weighted by Gasteiger charge is -2.29. The molecule has 0 radical (unpaired) electrons. The summed E-state index contributed by atoms with van der Waals surface area (Å²) in [5.74, 6) is -1.80. The summed E-state index contributed by atoms with van der Waals surface area (Å²) in [5, 5.41) is 14.2. The molecule has 7 heteroatoms. The summed E-state index contributed by atoms with van der Waals surface area (Å²) in [4.78, 5) is 33.5. The van der Waals surface area contributed by atoms with Crippen molar-refractivity contribution in [1.29, 1.82) is 0 Å². The van der Waals surface area contributed by atoms with Gasteiger partial charge in [-0.15, -0.1) is 0 Å². The minimum atomic E-state index is -0.875. The molecule has 0 aliphatic heterocycles. The van der Waals surface area contributed by atoms with Gasteiger partial charge in [0.05, 0.1) is 19.4 Å². The van der Waals surface area contributed by atoms with Crippen molar-refractivity contribution in [3.63, 3.8) is 0 Å². The van der Waals surface area contributed by atoms with E-state index in [1.54, 1.807) is 0 Å². The maximum atomic E-state index is 11.6. The first-order chi connectivity index (χ1) is 9.04. The number of amides is 2. The lowest BCUT2D eigenvalue weighted by Crippen LogP contribution is -2.49. The number of urea groups is 1. The van der Waals surface area contributed by atoms with Crippen LogP contribution < -0.4 is 10.6 Å². The molecule has 1 rings (SSSR count). The Morgan fingerprint density at radius 1 is 1.26 bits per heavy atom. The van der Waals surface area contributed by atoms with Gasteiger partial charge >= 0.3 is 18.0 Å². The van der Waals surface area contributed by atoms with Gasteiger partial charge in [-0.05, 0) is 12.8 Å². The molecule has 1 saturated carbocycles. The van der Waals surface area contributed by atoms with Crippen molar-refractivity contribution in [2.75, 3.05) is 13.7 Å². The van der Waals surface area contributed by atoms with E-state index in [0.29, 0.717) is 12.8 Å². The standard InChI is InChI=1S/C12H20N2O5/c1-19-10(15)6-7-13-12(18)14-9-5-3-2-4-8(9)11(16)17/h8-9H,2-7H2,1H3,(H,16,17)(H2,13,14,18).